The van der Waals surface area contributed by atoms with Crippen molar-refractivity contribution in [3.8, 4) is 5.75 Å². The average molecular weight is 423 g/mol. The Labute approximate surface area is 168 Å². The molecular formula is C22H29F3OSi2. The Hall–Kier alpha value is -1.54. The zero-order valence-electron chi connectivity index (χ0n) is 17.5. The lowest BCUT2D eigenvalue weighted by molar-refractivity contribution is -0.137. The monoisotopic (exact) mass is 422 g/mol. The van der Waals surface area contributed by atoms with Crippen molar-refractivity contribution in [3.63, 3.8) is 0 Å². The van der Waals surface area contributed by atoms with Crippen molar-refractivity contribution in [2.45, 2.75) is 56.9 Å². The van der Waals surface area contributed by atoms with Crippen LogP contribution < -0.4 is 9.92 Å². The zero-order chi connectivity index (χ0) is 21.0. The molecule has 0 amide bonds. The number of alkyl halides is 3. The second-order valence-electron chi connectivity index (χ2n) is 10.1. The predicted octanol–water partition coefficient (Wildman–Crippen LogP) is 6.27. The van der Waals surface area contributed by atoms with Crippen LogP contribution in [0, 0.1) is 0 Å². The minimum Gasteiger partial charge on any atom is -0.492 e. The van der Waals surface area contributed by atoms with E-state index in [1.165, 1.54) is 22.9 Å². The Morgan fingerprint density at radius 2 is 1.57 bits per heavy atom. The molecule has 28 heavy (non-hydrogen) atoms. The number of hydrogen-bond acceptors (Lipinski definition) is 1. The van der Waals surface area contributed by atoms with E-state index in [1.54, 1.807) is 6.07 Å². The summed E-state index contributed by atoms with van der Waals surface area (Å²) in [4.78, 5) is 0. The molecular weight excluding hydrogens is 393 g/mol. The number of fused-ring (bicyclic) bond motifs is 1. The lowest BCUT2D eigenvalue weighted by Gasteiger charge is -2.38. The minimum atomic E-state index is -4.36. The van der Waals surface area contributed by atoms with Crippen molar-refractivity contribution >= 4 is 21.3 Å². The van der Waals surface area contributed by atoms with Crippen LogP contribution in [0.2, 0.25) is 45.3 Å². The molecule has 152 valence electrons. The van der Waals surface area contributed by atoms with Gasteiger partial charge in [0.05, 0.1) is 19.1 Å². The Kier molecular flexibility index (Phi) is 5.12. The molecule has 0 radical (unpaired) electrons. The maximum Gasteiger partial charge on any atom is 0.416 e. The Morgan fingerprint density at radius 1 is 0.929 bits per heavy atom. The fourth-order valence-corrected chi connectivity index (χ4v) is 8.44. The summed E-state index contributed by atoms with van der Waals surface area (Å²) in [6.45, 7) is 14.3. The van der Waals surface area contributed by atoms with E-state index in [-0.39, 0.29) is 5.41 Å². The number of ether oxygens (including phenoxy) is 1. The normalized spacial score (nSPS) is 20.0. The highest BCUT2D eigenvalue weighted by atomic mass is 28.3. The molecule has 0 saturated heterocycles. The van der Waals surface area contributed by atoms with Crippen LogP contribution >= 0.6 is 0 Å². The SMILES string of the molecule is C[Si](C)(C)CC1(c2ccccc2[Si](C)(C)C)COc2cc(C(F)(F)F)ccc21. The van der Waals surface area contributed by atoms with Gasteiger partial charge in [-0.15, -0.1) is 0 Å². The number of hydrogen-bond donors (Lipinski definition) is 0. The average Bonchev–Trinajstić information content (AvgIpc) is 2.91. The van der Waals surface area contributed by atoms with Crippen LogP contribution in [0.5, 0.6) is 5.75 Å². The van der Waals surface area contributed by atoms with E-state index < -0.39 is 27.9 Å². The third-order valence-corrected chi connectivity index (χ3v) is 9.10. The summed E-state index contributed by atoms with van der Waals surface area (Å²) in [5.41, 5.74) is 1.14. The summed E-state index contributed by atoms with van der Waals surface area (Å²) >= 11 is 0. The van der Waals surface area contributed by atoms with Gasteiger partial charge in [0, 0.05) is 13.6 Å². The second kappa shape index (κ2) is 6.76. The van der Waals surface area contributed by atoms with Crippen molar-refractivity contribution < 1.29 is 17.9 Å². The highest BCUT2D eigenvalue weighted by Crippen LogP contribution is 2.49. The van der Waals surface area contributed by atoms with Crippen LogP contribution in [0.1, 0.15) is 16.7 Å². The smallest absolute Gasteiger partial charge is 0.416 e. The molecule has 0 N–H and O–H groups in total. The summed E-state index contributed by atoms with van der Waals surface area (Å²) in [7, 11) is -3.21. The Bertz CT molecular complexity index is 879. The molecule has 0 fully saturated rings. The third kappa shape index (κ3) is 3.94. The molecule has 1 nitrogen and oxygen atoms in total. The Balaban J connectivity index is 2.26. The third-order valence-electron chi connectivity index (χ3n) is 5.38. The quantitative estimate of drug-likeness (QED) is 0.528. The molecule has 1 heterocycles. The topological polar surface area (TPSA) is 9.23 Å². The van der Waals surface area contributed by atoms with Crippen LogP contribution in [-0.2, 0) is 11.6 Å². The van der Waals surface area contributed by atoms with Crippen molar-refractivity contribution in [2.24, 2.45) is 0 Å². The summed E-state index contributed by atoms with van der Waals surface area (Å²) in [5.74, 6) is 0.387. The highest BCUT2D eigenvalue weighted by molar-refractivity contribution is 6.89. The molecule has 0 aliphatic carbocycles. The minimum absolute atomic E-state index is 0.374. The molecule has 0 saturated carbocycles. The van der Waals surface area contributed by atoms with Crippen molar-refractivity contribution in [1.82, 2.24) is 0 Å². The molecule has 6 heteroatoms. The van der Waals surface area contributed by atoms with Gasteiger partial charge < -0.3 is 4.74 Å². The fourth-order valence-electron chi connectivity index (χ4n) is 4.42. The molecule has 0 spiro atoms. The van der Waals surface area contributed by atoms with Crippen molar-refractivity contribution in [2.75, 3.05) is 6.61 Å². The van der Waals surface area contributed by atoms with Gasteiger partial charge in [0.1, 0.15) is 12.4 Å². The van der Waals surface area contributed by atoms with E-state index in [9.17, 15) is 13.2 Å². The van der Waals surface area contributed by atoms with Gasteiger partial charge in [-0.25, -0.2) is 0 Å². The zero-order valence-corrected chi connectivity index (χ0v) is 19.5. The first kappa shape index (κ1) is 21.2. The van der Waals surface area contributed by atoms with Gasteiger partial charge >= 0.3 is 6.18 Å². The van der Waals surface area contributed by atoms with Crippen LogP contribution in [0.3, 0.4) is 0 Å². The predicted molar refractivity (Wildman–Crippen MR) is 115 cm³/mol. The number of halogens is 3. The molecule has 2 aromatic carbocycles. The maximum absolute atomic E-state index is 13.2. The fraction of sp³-hybridized carbons (Fsp3) is 0.455. The lowest BCUT2D eigenvalue weighted by Crippen LogP contribution is -2.48. The summed E-state index contributed by atoms with van der Waals surface area (Å²) in [6, 6.07) is 13.5. The first-order valence-electron chi connectivity index (χ1n) is 9.69. The van der Waals surface area contributed by atoms with Gasteiger partial charge in [-0.05, 0) is 23.7 Å². The van der Waals surface area contributed by atoms with Gasteiger partial charge in [-0.2, -0.15) is 13.2 Å². The van der Waals surface area contributed by atoms with E-state index in [0.29, 0.717) is 12.4 Å². The summed E-state index contributed by atoms with van der Waals surface area (Å²) in [6.07, 6.45) is -4.36. The number of benzene rings is 2. The number of rotatable bonds is 4. The molecule has 1 atom stereocenters. The van der Waals surface area contributed by atoms with Crippen LogP contribution in [0.25, 0.3) is 0 Å². The summed E-state index contributed by atoms with van der Waals surface area (Å²) < 4.78 is 45.6. The lowest BCUT2D eigenvalue weighted by atomic mass is 9.77. The largest absolute Gasteiger partial charge is 0.492 e. The highest BCUT2D eigenvalue weighted by Gasteiger charge is 2.48. The van der Waals surface area contributed by atoms with E-state index >= 15 is 0 Å². The van der Waals surface area contributed by atoms with E-state index in [0.717, 1.165) is 11.6 Å². The van der Waals surface area contributed by atoms with E-state index in [1.807, 2.05) is 6.07 Å². The van der Waals surface area contributed by atoms with Gasteiger partial charge in [-0.3, -0.25) is 0 Å². The van der Waals surface area contributed by atoms with Gasteiger partial charge in [-0.1, -0.05) is 74.8 Å². The molecule has 1 unspecified atom stereocenters. The molecule has 2 aromatic rings. The first-order chi connectivity index (χ1) is 12.7. The molecule has 0 bridgehead atoms. The van der Waals surface area contributed by atoms with Crippen LogP contribution in [0.4, 0.5) is 13.2 Å². The van der Waals surface area contributed by atoms with Crippen LogP contribution in [0.15, 0.2) is 42.5 Å². The van der Waals surface area contributed by atoms with Crippen molar-refractivity contribution in [3.05, 3.63) is 59.2 Å². The van der Waals surface area contributed by atoms with Gasteiger partial charge in [0.25, 0.3) is 0 Å². The standard InChI is InChI=1S/C22H29F3OSi2/c1-27(2,3)15-21(18-9-7-8-10-20(18)28(4,5)6)14-26-19-13-16(22(23,24)25)11-12-17(19)21/h7-13H,14-15H2,1-6H3. The molecule has 1 aliphatic heterocycles. The van der Waals surface area contributed by atoms with Crippen molar-refractivity contribution in [1.29, 1.82) is 0 Å². The van der Waals surface area contributed by atoms with Gasteiger partial charge in [0.2, 0.25) is 0 Å². The summed E-state index contributed by atoms with van der Waals surface area (Å²) in [5, 5.41) is 1.37. The molecule has 1 aliphatic rings. The van der Waals surface area contributed by atoms with E-state index in [2.05, 4.69) is 57.5 Å². The second-order valence-corrected chi connectivity index (χ2v) is 20.6. The molecule has 3 rings (SSSR count). The van der Waals surface area contributed by atoms with Gasteiger partial charge in [0.15, 0.2) is 0 Å². The first-order valence-corrected chi connectivity index (χ1v) is 16.9. The Morgan fingerprint density at radius 3 is 2.14 bits per heavy atom. The molecule has 0 aromatic heterocycles. The van der Waals surface area contributed by atoms with Crippen LogP contribution in [-0.4, -0.2) is 22.8 Å². The van der Waals surface area contributed by atoms with E-state index in [4.69, 9.17) is 4.74 Å². The maximum atomic E-state index is 13.2.